The first-order valence-corrected chi connectivity index (χ1v) is 6.98. The molecule has 5 nitrogen and oxygen atoms in total. The smallest absolute Gasteiger partial charge is 0.299 e. The topological polar surface area (TPSA) is 64.1 Å². The van der Waals surface area contributed by atoms with Gasteiger partial charge in [-0.15, -0.1) is 0 Å². The summed E-state index contributed by atoms with van der Waals surface area (Å²) in [5.74, 6) is 0.667. The van der Waals surface area contributed by atoms with Gasteiger partial charge in [-0.05, 0) is 36.4 Å². The summed E-state index contributed by atoms with van der Waals surface area (Å²) < 4.78 is 11.0. The summed E-state index contributed by atoms with van der Waals surface area (Å²) in [5, 5.41) is 3.78. The Labute approximate surface area is 130 Å². The lowest BCUT2D eigenvalue weighted by Crippen LogP contribution is -1.89. The number of nitrogens with zero attached hydrogens (tertiary/aromatic N) is 2. The van der Waals surface area contributed by atoms with Crippen molar-refractivity contribution in [3.63, 3.8) is 0 Å². The quantitative estimate of drug-likeness (QED) is 0.584. The molecule has 0 amide bonds. The van der Waals surface area contributed by atoms with Gasteiger partial charge in [0.25, 0.3) is 6.01 Å². The summed E-state index contributed by atoms with van der Waals surface area (Å²) in [7, 11) is 0. The van der Waals surface area contributed by atoms with Crippen LogP contribution in [0, 0.1) is 0 Å². The Balaban J connectivity index is 1.59. The molecule has 2 aromatic heterocycles. The summed E-state index contributed by atoms with van der Waals surface area (Å²) in [6.45, 7) is 0. The molecule has 4 rings (SSSR count). The second-order valence-electron chi connectivity index (χ2n) is 4.70. The Morgan fingerprint density at radius 3 is 2.73 bits per heavy atom. The van der Waals surface area contributed by atoms with Crippen LogP contribution in [0.1, 0.15) is 0 Å². The first kappa shape index (κ1) is 12.9. The number of benzene rings is 2. The molecule has 1 N–H and O–H groups in total. The summed E-state index contributed by atoms with van der Waals surface area (Å²) in [4.78, 5) is 8.29. The third-order valence-electron chi connectivity index (χ3n) is 3.22. The van der Waals surface area contributed by atoms with Crippen molar-refractivity contribution in [2.24, 2.45) is 0 Å². The van der Waals surface area contributed by atoms with Crippen LogP contribution in [0.2, 0.25) is 5.02 Å². The van der Waals surface area contributed by atoms with Gasteiger partial charge < -0.3 is 14.2 Å². The van der Waals surface area contributed by atoms with Crippen LogP contribution in [0.25, 0.3) is 22.4 Å². The van der Waals surface area contributed by atoms with Gasteiger partial charge in [0.1, 0.15) is 5.52 Å². The van der Waals surface area contributed by atoms with E-state index >= 15 is 0 Å². The van der Waals surface area contributed by atoms with Gasteiger partial charge in [-0.2, -0.15) is 0 Å². The highest BCUT2D eigenvalue weighted by Crippen LogP contribution is 2.26. The lowest BCUT2D eigenvalue weighted by atomic mass is 10.2. The minimum atomic E-state index is 0.406. The van der Waals surface area contributed by atoms with Crippen molar-refractivity contribution < 1.29 is 8.83 Å². The van der Waals surface area contributed by atoms with Gasteiger partial charge >= 0.3 is 0 Å². The molecule has 0 fully saturated rings. The van der Waals surface area contributed by atoms with Crippen LogP contribution in [0.15, 0.2) is 63.9 Å². The Bertz CT molecular complexity index is 928. The van der Waals surface area contributed by atoms with Gasteiger partial charge in [-0.1, -0.05) is 11.6 Å². The number of nitrogens with one attached hydrogen (secondary N) is 1. The molecule has 0 aliphatic rings. The predicted molar refractivity (Wildman–Crippen MR) is 84.2 cm³/mol. The molecule has 0 aliphatic heterocycles. The second-order valence-corrected chi connectivity index (χ2v) is 5.13. The molecule has 0 bridgehead atoms. The van der Waals surface area contributed by atoms with Gasteiger partial charge in [-0.3, -0.25) is 0 Å². The zero-order valence-corrected chi connectivity index (χ0v) is 12.0. The van der Waals surface area contributed by atoms with Crippen molar-refractivity contribution in [3.05, 3.63) is 60.1 Å². The summed E-state index contributed by atoms with van der Waals surface area (Å²) in [5.41, 5.74) is 3.23. The number of hydrogen-bond donors (Lipinski definition) is 1. The van der Waals surface area contributed by atoms with Crippen LogP contribution in [0.4, 0.5) is 11.7 Å². The van der Waals surface area contributed by atoms with Crippen LogP contribution in [-0.4, -0.2) is 9.97 Å². The van der Waals surface area contributed by atoms with Crippen molar-refractivity contribution in [2.45, 2.75) is 0 Å². The van der Waals surface area contributed by atoms with Crippen LogP contribution >= 0.6 is 11.6 Å². The summed E-state index contributed by atoms with van der Waals surface area (Å²) in [6.07, 6.45) is 3.08. The SMILES string of the molecule is Clc1ccc(-c2cnc(Nc3ccc4ncoc4c3)o2)cc1. The molecule has 0 unspecified atom stereocenters. The van der Waals surface area contributed by atoms with E-state index < -0.39 is 0 Å². The minimum Gasteiger partial charge on any atom is -0.443 e. The normalized spacial score (nSPS) is 11.0. The molecule has 6 heteroatoms. The van der Waals surface area contributed by atoms with Crippen LogP contribution in [0.3, 0.4) is 0 Å². The van der Waals surface area contributed by atoms with Gasteiger partial charge in [0.05, 0.1) is 6.20 Å². The van der Waals surface area contributed by atoms with Crippen molar-refractivity contribution >= 4 is 34.4 Å². The lowest BCUT2D eigenvalue weighted by molar-refractivity contribution is 0.592. The van der Waals surface area contributed by atoms with Crippen LogP contribution in [-0.2, 0) is 0 Å². The molecule has 0 saturated carbocycles. The van der Waals surface area contributed by atoms with E-state index in [0.29, 0.717) is 22.4 Å². The number of halogens is 1. The maximum atomic E-state index is 5.88. The molecular weight excluding hydrogens is 302 g/mol. The van der Waals surface area contributed by atoms with Crippen molar-refractivity contribution in [1.29, 1.82) is 0 Å². The minimum absolute atomic E-state index is 0.406. The van der Waals surface area contributed by atoms with Gasteiger partial charge in [0.15, 0.2) is 17.7 Å². The van der Waals surface area contributed by atoms with E-state index in [-0.39, 0.29) is 0 Å². The van der Waals surface area contributed by atoms with E-state index in [2.05, 4.69) is 15.3 Å². The number of aromatic nitrogens is 2. The first-order valence-electron chi connectivity index (χ1n) is 6.60. The van der Waals surface area contributed by atoms with E-state index in [9.17, 15) is 0 Å². The fraction of sp³-hybridized carbons (Fsp3) is 0. The number of oxazole rings is 2. The summed E-state index contributed by atoms with van der Waals surface area (Å²) in [6, 6.07) is 13.4. The second kappa shape index (κ2) is 5.20. The molecule has 4 aromatic rings. The maximum absolute atomic E-state index is 5.88. The molecule has 0 saturated heterocycles. The first-order chi connectivity index (χ1) is 10.8. The standard InChI is InChI=1S/C16H10ClN3O2/c17-11-3-1-10(2-4-11)15-8-18-16(22-15)20-12-5-6-13-14(7-12)21-9-19-13/h1-9H,(H,18,20). The largest absolute Gasteiger partial charge is 0.443 e. The molecule has 108 valence electrons. The maximum Gasteiger partial charge on any atom is 0.299 e. The zero-order chi connectivity index (χ0) is 14.9. The highest BCUT2D eigenvalue weighted by atomic mass is 35.5. The van der Waals surface area contributed by atoms with E-state index in [4.69, 9.17) is 20.4 Å². The van der Waals surface area contributed by atoms with E-state index in [1.807, 2.05) is 42.5 Å². The van der Waals surface area contributed by atoms with Crippen LogP contribution in [0.5, 0.6) is 0 Å². The van der Waals surface area contributed by atoms with Crippen molar-refractivity contribution in [3.8, 4) is 11.3 Å². The molecule has 0 radical (unpaired) electrons. The fourth-order valence-electron chi connectivity index (χ4n) is 2.14. The Morgan fingerprint density at radius 2 is 1.86 bits per heavy atom. The molecule has 2 aromatic carbocycles. The van der Waals surface area contributed by atoms with E-state index in [1.165, 1.54) is 6.39 Å². The van der Waals surface area contributed by atoms with E-state index in [1.54, 1.807) is 6.20 Å². The lowest BCUT2D eigenvalue weighted by Gasteiger charge is -2.01. The van der Waals surface area contributed by atoms with Gasteiger partial charge in [0, 0.05) is 22.3 Å². The Morgan fingerprint density at radius 1 is 1.00 bits per heavy atom. The van der Waals surface area contributed by atoms with Crippen LogP contribution < -0.4 is 5.32 Å². The highest BCUT2D eigenvalue weighted by Gasteiger charge is 2.07. The molecule has 0 spiro atoms. The Hall–Kier alpha value is -2.79. The molecule has 22 heavy (non-hydrogen) atoms. The summed E-state index contributed by atoms with van der Waals surface area (Å²) >= 11 is 5.88. The number of hydrogen-bond acceptors (Lipinski definition) is 5. The fourth-order valence-corrected chi connectivity index (χ4v) is 2.26. The monoisotopic (exact) mass is 311 g/mol. The third-order valence-corrected chi connectivity index (χ3v) is 3.47. The van der Waals surface area contributed by atoms with Gasteiger partial charge in [0.2, 0.25) is 0 Å². The highest BCUT2D eigenvalue weighted by molar-refractivity contribution is 6.30. The Kier molecular flexibility index (Phi) is 3.05. The molecule has 2 heterocycles. The van der Waals surface area contributed by atoms with Crippen molar-refractivity contribution in [2.75, 3.05) is 5.32 Å². The number of fused-ring (bicyclic) bond motifs is 1. The molecule has 0 aliphatic carbocycles. The average Bonchev–Trinajstić information content (AvgIpc) is 3.17. The van der Waals surface area contributed by atoms with E-state index in [0.717, 1.165) is 16.8 Å². The van der Waals surface area contributed by atoms with Crippen molar-refractivity contribution in [1.82, 2.24) is 9.97 Å². The zero-order valence-electron chi connectivity index (χ0n) is 11.3. The molecular formula is C16H10ClN3O2. The molecule has 0 atom stereocenters. The predicted octanol–water partition coefficient (Wildman–Crippen LogP) is 4.88. The van der Waals surface area contributed by atoms with Gasteiger partial charge in [-0.25, -0.2) is 9.97 Å². The number of anilines is 2. The average molecular weight is 312 g/mol. The number of rotatable bonds is 3. The third kappa shape index (κ3) is 2.42.